The summed E-state index contributed by atoms with van der Waals surface area (Å²) in [5.74, 6) is -2.30. The molecule has 1 aromatic carbocycles. The van der Waals surface area contributed by atoms with Gasteiger partial charge in [-0.15, -0.1) is 0 Å². The van der Waals surface area contributed by atoms with Crippen LogP contribution in [0.5, 0.6) is 0 Å². The molecular weight excluding hydrogens is 195 g/mol. The molecule has 0 spiro atoms. The number of carbonyl (C=O) groups is 1. The monoisotopic (exact) mass is 206 g/mol. The number of aliphatic carboxylic acids is 1. The number of halogens is 1. The van der Waals surface area contributed by atoms with Crippen molar-refractivity contribution in [2.45, 2.75) is 19.3 Å². The van der Waals surface area contributed by atoms with E-state index in [1.807, 2.05) is 19.1 Å². The molecule has 1 aliphatic rings. The molecule has 0 aromatic heterocycles. The predicted octanol–water partition coefficient (Wildman–Crippen LogP) is 2.96. The van der Waals surface area contributed by atoms with E-state index in [9.17, 15) is 9.18 Å². The van der Waals surface area contributed by atoms with Crippen molar-refractivity contribution in [2.75, 3.05) is 0 Å². The van der Waals surface area contributed by atoms with Gasteiger partial charge in [0.2, 0.25) is 5.83 Å². The lowest BCUT2D eigenvalue weighted by molar-refractivity contribution is -0.134. The third-order valence-corrected chi connectivity index (χ3v) is 2.78. The molecule has 1 atom stereocenters. The first-order valence-electron chi connectivity index (χ1n) is 4.82. The van der Waals surface area contributed by atoms with Crippen LogP contribution in [0.15, 0.2) is 30.1 Å². The van der Waals surface area contributed by atoms with Crippen LogP contribution in [0, 0.1) is 0 Å². The highest BCUT2D eigenvalue weighted by Gasteiger charge is 2.27. The largest absolute Gasteiger partial charge is 0.476 e. The number of benzene rings is 1. The zero-order valence-electron chi connectivity index (χ0n) is 8.33. The molecule has 0 heterocycles. The number of carboxylic acids is 1. The first-order valence-corrected chi connectivity index (χ1v) is 4.82. The Labute approximate surface area is 87.0 Å². The second-order valence-electron chi connectivity index (χ2n) is 3.79. The minimum atomic E-state index is -1.48. The van der Waals surface area contributed by atoms with Gasteiger partial charge in [-0.1, -0.05) is 31.2 Å². The lowest BCUT2D eigenvalue weighted by atomic mass is 10.0. The van der Waals surface area contributed by atoms with Crippen molar-refractivity contribution in [3.05, 3.63) is 41.2 Å². The summed E-state index contributed by atoms with van der Waals surface area (Å²) < 4.78 is 13.4. The minimum Gasteiger partial charge on any atom is -0.476 e. The van der Waals surface area contributed by atoms with Crippen LogP contribution in [0.2, 0.25) is 0 Å². The Bertz CT molecular complexity index is 449. The molecule has 2 rings (SSSR count). The SMILES string of the molecule is CC1C/C(=C(/F)C(=O)O)c2ccccc21. The predicted molar refractivity (Wildman–Crippen MR) is 55.1 cm³/mol. The first kappa shape index (κ1) is 9.90. The molecule has 0 bridgehead atoms. The molecule has 2 nitrogen and oxygen atoms in total. The normalized spacial score (nSPS) is 22.4. The topological polar surface area (TPSA) is 37.3 Å². The molecule has 0 aliphatic heterocycles. The van der Waals surface area contributed by atoms with Gasteiger partial charge in [-0.05, 0) is 23.5 Å². The maximum Gasteiger partial charge on any atom is 0.365 e. The van der Waals surface area contributed by atoms with E-state index < -0.39 is 11.8 Å². The molecule has 1 unspecified atom stereocenters. The molecular formula is C12H11FO2. The van der Waals surface area contributed by atoms with Crippen LogP contribution in [-0.2, 0) is 4.79 Å². The maximum atomic E-state index is 13.4. The lowest BCUT2D eigenvalue weighted by Gasteiger charge is -2.01. The fourth-order valence-corrected chi connectivity index (χ4v) is 2.06. The lowest BCUT2D eigenvalue weighted by Crippen LogP contribution is -1.97. The number of carboxylic acid groups (broad SMARTS) is 1. The molecule has 1 aromatic rings. The van der Waals surface area contributed by atoms with E-state index in [4.69, 9.17) is 5.11 Å². The average molecular weight is 206 g/mol. The summed E-state index contributed by atoms with van der Waals surface area (Å²) in [6.07, 6.45) is 0.470. The van der Waals surface area contributed by atoms with Crippen molar-refractivity contribution in [3.8, 4) is 0 Å². The molecule has 3 heteroatoms. The molecule has 1 N–H and O–H groups in total. The number of fused-ring (bicyclic) bond motifs is 1. The summed E-state index contributed by atoms with van der Waals surface area (Å²) >= 11 is 0. The highest BCUT2D eigenvalue weighted by molar-refractivity contribution is 5.95. The van der Waals surface area contributed by atoms with Gasteiger partial charge in [-0.2, -0.15) is 4.39 Å². The summed E-state index contributed by atoms with van der Waals surface area (Å²) in [4.78, 5) is 10.6. The Balaban J connectivity index is 2.59. The van der Waals surface area contributed by atoms with Gasteiger partial charge in [0.15, 0.2) is 0 Å². The van der Waals surface area contributed by atoms with Gasteiger partial charge < -0.3 is 5.11 Å². The fraction of sp³-hybridized carbons (Fsp3) is 0.250. The Morgan fingerprint density at radius 3 is 2.80 bits per heavy atom. The second-order valence-corrected chi connectivity index (χ2v) is 3.79. The van der Waals surface area contributed by atoms with E-state index in [-0.39, 0.29) is 5.92 Å². The average Bonchev–Trinajstić information content (AvgIpc) is 2.56. The van der Waals surface area contributed by atoms with E-state index in [2.05, 4.69) is 0 Å². The molecule has 0 radical (unpaired) electrons. The van der Waals surface area contributed by atoms with Gasteiger partial charge in [-0.25, -0.2) is 4.79 Å². The van der Waals surface area contributed by atoms with Crippen molar-refractivity contribution in [2.24, 2.45) is 0 Å². The first-order chi connectivity index (χ1) is 7.11. The fourth-order valence-electron chi connectivity index (χ4n) is 2.06. The summed E-state index contributed by atoms with van der Waals surface area (Å²) in [5.41, 5.74) is 2.10. The molecule has 0 fully saturated rings. The Morgan fingerprint density at radius 2 is 2.13 bits per heavy atom. The van der Waals surface area contributed by atoms with E-state index in [0.717, 1.165) is 11.1 Å². The van der Waals surface area contributed by atoms with Gasteiger partial charge in [-0.3, -0.25) is 0 Å². The van der Waals surface area contributed by atoms with Crippen molar-refractivity contribution < 1.29 is 14.3 Å². The molecule has 0 saturated heterocycles. The number of rotatable bonds is 1. The summed E-state index contributed by atoms with van der Waals surface area (Å²) in [6, 6.07) is 7.38. The van der Waals surface area contributed by atoms with E-state index in [1.165, 1.54) is 0 Å². The summed E-state index contributed by atoms with van der Waals surface area (Å²) in [6.45, 7) is 1.97. The highest BCUT2D eigenvalue weighted by atomic mass is 19.1. The maximum absolute atomic E-state index is 13.4. The zero-order chi connectivity index (χ0) is 11.0. The second kappa shape index (κ2) is 3.50. The van der Waals surface area contributed by atoms with Crippen LogP contribution < -0.4 is 0 Å². The van der Waals surface area contributed by atoms with E-state index >= 15 is 0 Å². The van der Waals surface area contributed by atoms with Crippen molar-refractivity contribution in [1.82, 2.24) is 0 Å². The van der Waals surface area contributed by atoms with Gasteiger partial charge in [0.25, 0.3) is 0 Å². The minimum absolute atomic E-state index is 0.196. The van der Waals surface area contributed by atoms with Crippen LogP contribution in [0.3, 0.4) is 0 Å². The van der Waals surface area contributed by atoms with Crippen molar-refractivity contribution >= 4 is 11.5 Å². The highest BCUT2D eigenvalue weighted by Crippen LogP contribution is 2.42. The number of hydrogen-bond donors (Lipinski definition) is 1. The van der Waals surface area contributed by atoms with Crippen LogP contribution >= 0.6 is 0 Å². The van der Waals surface area contributed by atoms with E-state index in [0.29, 0.717) is 12.0 Å². The Hall–Kier alpha value is -1.64. The summed E-state index contributed by atoms with van der Waals surface area (Å²) in [5, 5.41) is 8.62. The number of allylic oxidation sites excluding steroid dienone is 1. The molecule has 1 aliphatic carbocycles. The summed E-state index contributed by atoms with van der Waals surface area (Å²) in [7, 11) is 0. The van der Waals surface area contributed by atoms with E-state index in [1.54, 1.807) is 12.1 Å². The quantitative estimate of drug-likeness (QED) is 0.717. The van der Waals surface area contributed by atoms with Gasteiger partial charge in [0.1, 0.15) is 0 Å². The van der Waals surface area contributed by atoms with Crippen LogP contribution in [0.4, 0.5) is 4.39 Å². The van der Waals surface area contributed by atoms with Crippen LogP contribution in [0.25, 0.3) is 5.57 Å². The van der Waals surface area contributed by atoms with Crippen LogP contribution in [-0.4, -0.2) is 11.1 Å². The third-order valence-electron chi connectivity index (χ3n) is 2.78. The number of hydrogen-bond acceptors (Lipinski definition) is 1. The molecule has 15 heavy (non-hydrogen) atoms. The third kappa shape index (κ3) is 1.54. The van der Waals surface area contributed by atoms with Crippen molar-refractivity contribution in [3.63, 3.8) is 0 Å². The van der Waals surface area contributed by atoms with Crippen molar-refractivity contribution in [1.29, 1.82) is 0 Å². The molecule has 0 saturated carbocycles. The Morgan fingerprint density at radius 1 is 1.47 bits per heavy atom. The smallest absolute Gasteiger partial charge is 0.365 e. The van der Waals surface area contributed by atoms with Gasteiger partial charge >= 0.3 is 5.97 Å². The Kier molecular flexibility index (Phi) is 2.31. The standard InChI is InChI=1S/C12H11FO2/c1-7-6-10(11(13)12(14)15)9-5-3-2-4-8(7)9/h2-5,7H,6H2,1H3,(H,14,15)/b11-10-. The van der Waals surface area contributed by atoms with Gasteiger partial charge in [0, 0.05) is 5.57 Å². The van der Waals surface area contributed by atoms with Gasteiger partial charge in [0.05, 0.1) is 0 Å². The zero-order valence-corrected chi connectivity index (χ0v) is 8.33. The molecule has 0 amide bonds. The van der Waals surface area contributed by atoms with Crippen LogP contribution in [0.1, 0.15) is 30.4 Å². The molecule has 78 valence electrons.